The van der Waals surface area contributed by atoms with E-state index >= 15 is 0 Å². The molecule has 0 amide bonds. The fraction of sp³-hybridized carbons (Fsp3) is 0.625. The minimum absolute atomic E-state index is 0.233. The second-order valence-electron chi connectivity index (χ2n) is 5.45. The Hall–Kier alpha value is -1.02. The van der Waals surface area contributed by atoms with Gasteiger partial charge in [0.25, 0.3) is 0 Å². The summed E-state index contributed by atoms with van der Waals surface area (Å²) in [6.45, 7) is 8.66. The van der Waals surface area contributed by atoms with Gasteiger partial charge in [-0.1, -0.05) is 32.0 Å². The molecule has 0 heterocycles. The Labute approximate surface area is 112 Å². The lowest BCUT2D eigenvalue weighted by molar-refractivity contribution is 0.239. The molecule has 0 aliphatic carbocycles. The lowest BCUT2D eigenvalue weighted by Crippen LogP contribution is -2.31. The Bertz CT molecular complexity index is 347. The Kier molecular flexibility index (Phi) is 6.20. The molecule has 0 saturated heterocycles. The number of nitrogens with one attached hydrogen (secondary N) is 1. The molecule has 1 atom stereocenters. The van der Waals surface area contributed by atoms with Crippen molar-refractivity contribution >= 4 is 0 Å². The van der Waals surface area contributed by atoms with Gasteiger partial charge in [0.15, 0.2) is 0 Å². The van der Waals surface area contributed by atoms with E-state index in [1.165, 1.54) is 5.56 Å². The van der Waals surface area contributed by atoms with Crippen LogP contribution >= 0.6 is 0 Å². The highest BCUT2D eigenvalue weighted by Crippen LogP contribution is 2.22. The second kappa shape index (κ2) is 7.42. The summed E-state index contributed by atoms with van der Waals surface area (Å²) in [6.07, 6.45) is 2.44. The van der Waals surface area contributed by atoms with Crippen molar-refractivity contribution in [2.45, 2.75) is 52.7 Å². The summed E-state index contributed by atoms with van der Waals surface area (Å²) in [5.41, 5.74) is 1.31. The normalized spacial score (nSPS) is 13.1. The maximum absolute atomic E-state index is 5.85. The summed E-state index contributed by atoms with van der Waals surface area (Å²) < 4.78 is 5.85. The Morgan fingerprint density at radius 1 is 1.11 bits per heavy atom. The minimum atomic E-state index is 0.233. The van der Waals surface area contributed by atoms with Gasteiger partial charge in [-0.15, -0.1) is 0 Å². The van der Waals surface area contributed by atoms with E-state index < -0.39 is 0 Å². The van der Waals surface area contributed by atoms with Crippen LogP contribution in [0.4, 0.5) is 0 Å². The van der Waals surface area contributed by atoms with Gasteiger partial charge in [-0.25, -0.2) is 0 Å². The van der Waals surface area contributed by atoms with Crippen molar-refractivity contribution < 1.29 is 4.74 Å². The highest BCUT2D eigenvalue weighted by atomic mass is 16.5. The molecular weight excluding hydrogens is 222 g/mol. The molecule has 0 radical (unpaired) electrons. The zero-order valence-corrected chi connectivity index (χ0v) is 12.4. The van der Waals surface area contributed by atoms with E-state index in [0.29, 0.717) is 12.0 Å². The number of para-hydroxylation sites is 1. The SMILES string of the molecule is CNC(CCc1ccccc1OC(C)C)C(C)C. The average Bonchev–Trinajstić information content (AvgIpc) is 2.30. The standard InChI is InChI=1S/C16H27NO/c1-12(2)15(17-5)11-10-14-8-6-7-9-16(14)18-13(3)4/h6-9,12-13,15,17H,10-11H2,1-5H3. The zero-order chi connectivity index (χ0) is 13.5. The molecule has 18 heavy (non-hydrogen) atoms. The molecule has 0 aliphatic heterocycles. The van der Waals surface area contributed by atoms with E-state index in [9.17, 15) is 0 Å². The molecular formula is C16H27NO. The second-order valence-corrected chi connectivity index (χ2v) is 5.45. The van der Waals surface area contributed by atoms with Crippen molar-refractivity contribution in [3.8, 4) is 5.75 Å². The van der Waals surface area contributed by atoms with Gasteiger partial charge in [0.05, 0.1) is 6.10 Å². The largest absolute Gasteiger partial charge is 0.491 e. The molecule has 1 aromatic carbocycles. The molecule has 0 saturated carbocycles. The maximum Gasteiger partial charge on any atom is 0.122 e. The molecule has 0 fully saturated rings. The van der Waals surface area contributed by atoms with E-state index in [4.69, 9.17) is 4.74 Å². The van der Waals surface area contributed by atoms with Crippen LogP contribution in [-0.2, 0) is 6.42 Å². The number of aryl methyl sites for hydroxylation is 1. The van der Waals surface area contributed by atoms with E-state index in [0.717, 1.165) is 18.6 Å². The Morgan fingerprint density at radius 2 is 1.78 bits per heavy atom. The van der Waals surface area contributed by atoms with Crippen molar-refractivity contribution in [2.24, 2.45) is 5.92 Å². The zero-order valence-electron chi connectivity index (χ0n) is 12.4. The quantitative estimate of drug-likeness (QED) is 0.796. The van der Waals surface area contributed by atoms with Crippen LogP contribution in [0.5, 0.6) is 5.75 Å². The van der Waals surface area contributed by atoms with E-state index in [2.05, 4.69) is 51.2 Å². The first-order valence-corrected chi connectivity index (χ1v) is 6.96. The first kappa shape index (κ1) is 15.0. The molecule has 1 N–H and O–H groups in total. The molecule has 1 aromatic rings. The molecule has 1 rings (SSSR count). The fourth-order valence-electron chi connectivity index (χ4n) is 2.20. The van der Waals surface area contributed by atoms with E-state index in [1.54, 1.807) is 0 Å². The summed E-state index contributed by atoms with van der Waals surface area (Å²) in [5.74, 6) is 1.69. The van der Waals surface area contributed by atoms with Crippen molar-refractivity contribution in [3.05, 3.63) is 29.8 Å². The van der Waals surface area contributed by atoms with Crippen molar-refractivity contribution in [1.82, 2.24) is 5.32 Å². The van der Waals surface area contributed by atoms with Gasteiger partial charge >= 0.3 is 0 Å². The molecule has 102 valence electrons. The lowest BCUT2D eigenvalue weighted by Gasteiger charge is -2.21. The van der Waals surface area contributed by atoms with Crippen LogP contribution in [0, 0.1) is 5.92 Å². The van der Waals surface area contributed by atoms with Gasteiger partial charge in [0, 0.05) is 6.04 Å². The summed E-state index contributed by atoms with van der Waals surface area (Å²) in [5, 5.41) is 3.39. The van der Waals surface area contributed by atoms with Crippen LogP contribution in [0.3, 0.4) is 0 Å². The van der Waals surface area contributed by atoms with Crippen molar-refractivity contribution in [2.75, 3.05) is 7.05 Å². The summed E-state index contributed by atoms with van der Waals surface area (Å²) in [7, 11) is 2.04. The monoisotopic (exact) mass is 249 g/mol. The van der Waals surface area contributed by atoms with Crippen LogP contribution in [0.1, 0.15) is 39.7 Å². The molecule has 0 aromatic heterocycles. The lowest BCUT2D eigenvalue weighted by atomic mass is 9.96. The van der Waals surface area contributed by atoms with Gasteiger partial charge in [-0.05, 0) is 51.3 Å². The molecule has 1 unspecified atom stereocenters. The third kappa shape index (κ3) is 4.69. The van der Waals surface area contributed by atoms with Gasteiger partial charge in [-0.2, -0.15) is 0 Å². The predicted molar refractivity (Wildman–Crippen MR) is 78.2 cm³/mol. The number of rotatable bonds is 7. The fourth-order valence-corrected chi connectivity index (χ4v) is 2.20. The highest BCUT2D eigenvalue weighted by Gasteiger charge is 2.12. The molecule has 0 aliphatic rings. The highest BCUT2D eigenvalue weighted by molar-refractivity contribution is 5.33. The van der Waals surface area contributed by atoms with Gasteiger partial charge < -0.3 is 10.1 Å². The number of benzene rings is 1. The van der Waals surface area contributed by atoms with Crippen LogP contribution in [0.25, 0.3) is 0 Å². The minimum Gasteiger partial charge on any atom is -0.491 e. The van der Waals surface area contributed by atoms with Crippen LogP contribution in [0.2, 0.25) is 0 Å². The van der Waals surface area contributed by atoms with E-state index in [1.807, 2.05) is 13.1 Å². The summed E-state index contributed by atoms with van der Waals surface area (Å²) >= 11 is 0. The Balaban J connectivity index is 2.66. The molecule has 2 nitrogen and oxygen atoms in total. The van der Waals surface area contributed by atoms with Crippen molar-refractivity contribution in [1.29, 1.82) is 0 Å². The van der Waals surface area contributed by atoms with Gasteiger partial charge in [-0.3, -0.25) is 0 Å². The summed E-state index contributed by atoms with van der Waals surface area (Å²) in [6, 6.07) is 8.94. The van der Waals surface area contributed by atoms with Gasteiger partial charge in [0.1, 0.15) is 5.75 Å². The third-order valence-electron chi connectivity index (χ3n) is 3.24. The Morgan fingerprint density at radius 3 is 2.33 bits per heavy atom. The molecule has 2 heteroatoms. The first-order valence-electron chi connectivity index (χ1n) is 6.96. The number of hydrogen-bond donors (Lipinski definition) is 1. The number of ether oxygens (including phenoxy) is 1. The average molecular weight is 249 g/mol. The number of hydrogen-bond acceptors (Lipinski definition) is 2. The van der Waals surface area contributed by atoms with Gasteiger partial charge in [0.2, 0.25) is 0 Å². The van der Waals surface area contributed by atoms with Crippen LogP contribution < -0.4 is 10.1 Å². The maximum atomic E-state index is 5.85. The first-order chi connectivity index (χ1) is 8.54. The summed E-state index contributed by atoms with van der Waals surface area (Å²) in [4.78, 5) is 0. The van der Waals surface area contributed by atoms with Crippen LogP contribution in [0.15, 0.2) is 24.3 Å². The van der Waals surface area contributed by atoms with Crippen molar-refractivity contribution in [3.63, 3.8) is 0 Å². The molecule has 0 spiro atoms. The topological polar surface area (TPSA) is 21.3 Å². The third-order valence-corrected chi connectivity index (χ3v) is 3.24. The molecule has 0 bridgehead atoms. The smallest absolute Gasteiger partial charge is 0.122 e. The van der Waals surface area contributed by atoms with E-state index in [-0.39, 0.29) is 6.10 Å². The predicted octanol–water partition coefficient (Wildman–Crippen LogP) is 3.65. The van der Waals surface area contributed by atoms with Crippen LogP contribution in [-0.4, -0.2) is 19.2 Å².